The Morgan fingerprint density at radius 2 is 1.93 bits per heavy atom. The molecule has 0 N–H and O–H groups in total. The summed E-state index contributed by atoms with van der Waals surface area (Å²) in [5.74, 6) is 0.0462. The number of nitrogens with zero attached hydrogens (tertiary/aromatic N) is 5. The van der Waals surface area contributed by atoms with Crippen LogP contribution in [0.15, 0.2) is 41.3 Å². The molecule has 1 aliphatic rings. The maximum atomic E-state index is 12.7. The molecule has 1 amide bonds. The monoisotopic (exact) mass is 427 g/mol. The van der Waals surface area contributed by atoms with Crippen molar-refractivity contribution in [3.8, 4) is 0 Å². The number of piperazine rings is 1. The van der Waals surface area contributed by atoms with Crippen LogP contribution in [0.1, 0.15) is 27.3 Å². The van der Waals surface area contributed by atoms with Gasteiger partial charge in [-0.25, -0.2) is 4.98 Å². The molecule has 1 saturated heterocycles. The van der Waals surface area contributed by atoms with Crippen molar-refractivity contribution < 1.29 is 4.79 Å². The Labute approximate surface area is 167 Å². The fourth-order valence-electron chi connectivity index (χ4n) is 3.54. The number of imidazole rings is 1. The van der Waals surface area contributed by atoms with Gasteiger partial charge >= 0.3 is 0 Å². The zero-order chi connectivity index (χ0) is 19.0. The molecule has 6 nitrogen and oxygen atoms in total. The van der Waals surface area contributed by atoms with E-state index in [1.54, 1.807) is 12.4 Å². The molecule has 4 rings (SSSR count). The number of halogens is 1. The molecule has 1 aliphatic heterocycles. The second kappa shape index (κ2) is 7.40. The SMILES string of the molecule is Cc1ccn2c(CN3CCN(C(=O)c4cncc(Br)c4)CC3)c(C)nc2c1. The first-order valence-corrected chi connectivity index (χ1v) is 9.87. The third-order valence-corrected chi connectivity index (χ3v) is 5.50. The van der Waals surface area contributed by atoms with Crippen LogP contribution in [-0.4, -0.2) is 56.3 Å². The maximum Gasteiger partial charge on any atom is 0.255 e. The van der Waals surface area contributed by atoms with Crippen LogP contribution in [0.2, 0.25) is 0 Å². The molecule has 0 radical (unpaired) electrons. The Balaban J connectivity index is 1.43. The number of hydrogen-bond donors (Lipinski definition) is 0. The van der Waals surface area contributed by atoms with E-state index in [0.29, 0.717) is 5.56 Å². The zero-order valence-corrected chi connectivity index (χ0v) is 17.1. The van der Waals surface area contributed by atoms with Gasteiger partial charge in [-0.15, -0.1) is 0 Å². The predicted molar refractivity (Wildman–Crippen MR) is 108 cm³/mol. The van der Waals surface area contributed by atoms with Crippen LogP contribution in [0.25, 0.3) is 5.65 Å². The highest BCUT2D eigenvalue weighted by atomic mass is 79.9. The second-order valence-electron chi connectivity index (χ2n) is 7.04. The summed E-state index contributed by atoms with van der Waals surface area (Å²) in [4.78, 5) is 25.8. The highest BCUT2D eigenvalue weighted by molar-refractivity contribution is 9.10. The van der Waals surface area contributed by atoms with Crippen molar-refractivity contribution in [2.24, 2.45) is 0 Å². The van der Waals surface area contributed by atoms with E-state index in [0.717, 1.165) is 48.5 Å². The number of fused-ring (bicyclic) bond motifs is 1. The van der Waals surface area contributed by atoms with Crippen LogP contribution in [0, 0.1) is 13.8 Å². The number of hydrogen-bond acceptors (Lipinski definition) is 4. The van der Waals surface area contributed by atoms with Gasteiger partial charge in [-0.3, -0.25) is 14.7 Å². The number of rotatable bonds is 3. The van der Waals surface area contributed by atoms with E-state index in [-0.39, 0.29) is 5.91 Å². The molecule has 3 aromatic rings. The highest BCUT2D eigenvalue weighted by Gasteiger charge is 2.23. The molecule has 0 bridgehead atoms. The van der Waals surface area contributed by atoms with E-state index in [9.17, 15) is 4.79 Å². The molecule has 27 heavy (non-hydrogen) atoms. The van der Waals surface area contributed by atoms with Crippen LogP contribution in [0.5, 0.6) is 0 Å². The third kappa shape index (κ3) is 3.75. The molecule has 1 fully saturated rings. The van der Waals surface area contributed by atoms with Crippen molar-refractivity contribution in [1.29, 1.82) is 0 Å². The standard InChI is InChI=1S/C20H22BrN5O/c1-14-3-4-26-18(15(2)23-19(26)9-14)13-24-5-7-25(8-6-24)20(27)16-10-17(21)12-22-11-16/h3-4,9-12H,5-8,13H2,1-2H3. The molecule has 0 aromatic carbocycles. The largest absolute Gasteiger partial charge is 0.336 e. The average Bonchev–Trinajstić information content (AvgIpc) is 2.96. The number of pyridine rings is 2. The zero-order valence-electron chi connectivity index (χ0n) is 15.5. The molecule has 0 atom stereocenters. The van der Waals surface area contributed by atoms with Gasteiger partial charge in [0.05, 0.1) is 17.0 Å². The third-order valence-electron chi connectivity index (χ3n) is 5.07. The smallest absolute Gasteiger partial charge is 0.255 e. The van der Waals surface area contributed by atoms with Crippen LogP contribution in [0.3, 0.4) is 0 Å². The summed E-state index contributed by atoms with van der Waals surface area (Å²) in [7, 11) is 0. The molecule has 0 saturated carbocycles. The summed E-state index contributed by atoms with van der Waals surface area (Å²) in [5.41, 5.74) is 5.14. The minimum atomic E-state index is 0.0462. The normalized spacial score (nSPS) is 15.4. The van der Waals surface area contributed by atoms with Crippen LogP contribution in [-0.2, 0) is 6.54 Å². The Morgan fingerprint density at radius 3 is 2.67 bits per heavy atom. The van der Waals surface area contributed by atoms with E-state index in [1.807, 2.05) is 11.0 Å². The highest BCUT2D eigenvalue weighted by Crippen LogP contribution is 2.18. The van der Waals surface area contributed by atoms with E-state index in [4.69, 9.17) is 4.98 Å². The number of aryl methyl sites for hydroxylation is 2. The molecule has 7 heteroatoms. The Hall–Kier alpha value is -2.25. The van der Waals surface area contributed by atoms with Gasteiger partial charge in [0.2, 0.25) is 0 Å². The fraction of sp³-hybridized carbons (Fsp3) is 0.350. The van der Waals surface area contributed by atoms with Gasteiger partial charge in [0.1, 0.15) is 5.65 Å². The number of carbonyl (C=O) groups is 1. The summed E-state index contributed by atoms with van der Waals surface area (Å²) in [5, 5.41) is 0. The maximum absolute atomic E-state index is 12.7. The topological polar surface area (TPSA) is 53.7 Å². The summed E-state index contributed by atoms with van der Waals surface area (Å²) >= 11 is 3.38. The van der Waals surface area contributed by atoms with E-state index in [2.05, 4.69) is 62.4 Å². The lowest BCUT2D eigenvalue weighted by molar-refractivity contribution is 0.0626. The van der Waals surface area contributed by atoms with Gasteiger partial charge in [-0.1, -0.05) is 0 Å². The Morgan fingerprint density at radius 1 is 1.15 bits per heavy atom. The van der Waals surface area contributed by atoms with Crippen molar-refractivity contribution in [1.82, 2.24) is 24.2 Å². The van der Waals surface area contributed by atoms with Gasteiger partial charge in [0.15, 0.2) is 0 Å². The molecular weight excluding hydrogens is 406 g/mol. The summed E-state index contributed by atoms with van der Waals surface area (Å²) in [6.07, 6.45) is 5.41. The molecular formula is C20H22BrN5O. The van der Waals surface area contributed by atoms with E-state index >= 15 is 0 Å². The lowest BCUT2D eigenvalue weighted by Gasteiger charge is -2.34. The first kappa shape index (κ1) is 18.1. The predicted octanol–water partition coefficient (Wildman–Crippen LogP) is 3.07. The van der Waals surface area contributed by atoms with Crippen molar-refractivity contribution in [2.45, 2.75) is 20.4 Å². The second-order valence-corrected chi connectivity index (χ2v) is 7.95. The van der Waals surface area contributed by atoms with Gasteiger partial charge in [0, 0.05) is 55.8 Å². The minimum Gasteiger partial charge on any atom is -0.336 e. The molecule has 140 valence electrons. The Kier molecular flexibility index (Phi) is 4.97. The van der Waals surface area contributed by atoms with Gasteiger partial charge in [-0.05, 0) is 53.5 Å². The van der Waals surface area contributed by atoms with Crippen molar-refractivity contribution >= 4 is 27.5 Å². The van der Waals surface area contributed by atoms with Gasteiger partial charge in [0.25, 0.3) is 5.91 Å². The first-order valence-electron chi connectivity index (χ1n) is 9.07. The van der Waals surface area contributed by atoms with Crippen molar-refractivity contribution in [2.75, 3.05) is 26.2 Å². The fourth-order valence-corrected chi connectivity index (χ4v) is 3.90. The first-order chi connectivity index (χ1) is 13.0. The summed E-state index contributed by atoms with van der Waals surface area (Å²) in [6, 6.07) is 6.05. The van der Waals surface area contributed by atoms with Gasteiger partial charge in [-0.2, -0.15) is 0 Å². The van der Waals surface area contributed by atoms with Crippen LogP contribution >= 0.6 is 15.9 Å². The molecule has 4 heterocycles. The van der Waals surface area contributed by atoms with Gasteiger partial charge < -0.3 is 9.30 Å². The molecule has 0 spiro atoms. The van der Waals surface area contributed by atoms with Crippen molar-refractivity contribution in [3.63, 3.8) is 0 Å². The summed E-state index contributed by atoms with van der Waals surface area (Å²) < 4.78 is 3.00. The molecule has 0 unspecified atom stereocenters. The van der Waals surface area contributed by atoms with E-state index in [1.165, 1.54) is 11.3 Å². The van der Waals surface area contributed by atoms with Crippen LogP contribution in [0.4, 0.5) is 0 Å². The molecule has 3 aromatic heterocycles. The molecule has 0 aliphatic carbocycles. The lowest BCUT2D eigenvalue weighted by Crippen LogP contribution is -2.48. The Bertz CT molecular complexity index is 991. The number of carbonyl (C=O) groups excluding carboxylic acids is 1. The quantitative estimate of drug-likeness (QED) is 0.644. The average molecular weight is 428 g/mol. The van der Waals surface area contributed by atoms with Crippen LogP contribution < -0.4 is 0 Å². The van der Waals surface area contributed by atoms with E-state index < -0.39 is 0 Å². The summed E-state index contributed by atoms with van der Waals surface area (Å²) in [6.45, 7) is 8.15. The van der Waals surface area contributed by atoms with Crippen molar-refractivity contribution in [3.05, 3.63) is 63.8 Å². The number of amides is 1. The minimum absolute atomic E-state index is 0.0462. The lowest BCUT2D eigenvalue weighted by atomic mass is 10.2. The number of aromatic nitrogens is 3.